The summed E-state index contributed by atoms with van der Waals surface area (Å²) in [6, 6.07) is 0. The minimum atomic E-state index is -0.169. The van der Waals surface area contributed by atoms with Crippen LogP contribution in [0, 0.1) is 6.92 Å². The number of thioether (sulfide) groups is 1. The van der Waals surface area contributed by atoms with Gasteiger partial charge in [-0.15, -0.1) is 0 Å². The van der Waals surface area contributed by atoms with Crippen LogP contribution in [-0.4, -0.2) is 28.3 Å². The van der Waals surface area contributed by atoms with Crippen LogP contribution in [0.4, 0.5) is 0 Å². The standard InChI is InChI=1S/C10H14N2O2S/c1-3-14-9(13)4-5-15-10-11-6-8(2)7-12-10/h6-7H,3-5H2,1-2H3. The van der Waals surface area contributed by atoms with Gasteiger partial charge in [0.25, 0.3) is 0 Å². The van der Waals surface area contributed by atoms with Gasteiger partial charge in [0.2, 0.25) is 0 Å². The van der Waals surface area contributed by atoms with Crippen LogP contribution in [0.3, 0.4) is 0 Å². The number of hydrogen-bond acceptors (Lipinski definition) is 5. The summed E-state index contributed by atoms with van der Waals surface area (Å²) in [7, 11) is 0. The molecule has 0 aromatic carbocycles. The van der Waals surface area contributed by atoms with Gasteiger partial charge < -0.3 is 4.74 Å². The fraction of sp³-hybridized carbons (Fsp3) is 0.500. The summed E-state index contributed by atoms with van der Waals surface area (Å²) in [6.07, 6.45) is 3.93. The molecule has 82 valence electrons. The van der Waals surface area contributed by atoms with E-state index in [1.165, 1.54) is 11.8 Å². The van der Waals surface area contributed by atoms with E-state index < -0.39 is 0 Å². The number of carbonyl (C=O) groups is 1. The first kappa shape index (κ1) is 12.0. The Bertz CT molecular complexity index is 314. The Morgan fingerprint density at radius 1 is 1.47 bits per heavy atom. The minimum Gasteiger partial charge on any atom is -0.466 e. The molecule has 0 saturated heterocycles. The van der Waals surface area contributed by atoms with Crippen molar-refractivity contribution in [2.45, 2.75) is 25.4 Å². The molecule has 0 bridgehead atoms. The average Bonchev–Trinajstić information content (AvgIpc) is 2.21. The largest absolute Gasteiger partial charge is 0.466 e. The van der Waals surface area contributed by atoms with E-state index in [1.807, 2.05) is 6.92 Å². The van der Waals surface area contributed by atoms with Gasteiger partial charge >= 0.3 is 5.97 Å². The predicted molar refractivity (Wildman–Crippen MR) is 58.7 cm³/mol. The van der Waals surface area contributed by atoms with Crippen LogP contribution in [0.25, 0.3) is 0 Å². The predicted octanol–water partition coefficient (Wildman–Crippen LogP) is 1.83. The molecule has 4 nitrogen and oxygen atoms in total. The highest BCUT2D eigenvalue weighted by molar-refractivity contribution is 7.99. The quantitative estimate of drug-likeness (QED) is 0.435. The smallest absolute Gasteiger partial charge is 0.306 e. The van der Waals surface area contributed by atoms with Gasteiger partial charge in [0.05, 0.1) is 13.0 Å². The van der Waals surface area contributed by atoms with Crippen molar-refractivity contribution in [2.24, 2.45) is 0 Å². The highest BCUT2D eigenvalue weighted by Crippen LogP contribution is 2.13. The van der Waals surface area contributed by atoms with Gasteiger partial charge in [-0.2, -0.15) is 0 Å². The normalized spacial score (nSPS) is 10.0. The van der Waals surface area contributed by atoms with Gasteiger partial charge in [-0.05, 0) is 19.4 Å². The zero-order chi connectivity index (χ0) is 11.1. The summed E-state index contributed by atoms with van der Waals surface area (Å²) in [5, 5.41) is 0.699. The summed E-state index contributed by atoms with van der Waals surface area (Å²) in [4.78, 5) is 19.3. The van der Waals surface area contributed by atoms with Crippen LogP contribution in [-0.2, 0) is 9.53 Å². The van der Waals surface area contributed by atoms with E-state index in [1.54, 1.807) is 19.3 Å². The Balaban J connectivity index is 2.26. The van der Waals surface area contributed by atoms with Gasteiger partial charge in [-0.1, -0.05) is 11.8 Å². The van der Waals surface area contributed by atoms with E-state index in [0.717, 1.165) is 5.56 Å². The van der Waals surface area contributed by atoms with Crippen LogP contribution in [0.5, 0.6) is 0 Å². The van der Waals surface area contributed by atoms with Crippen molar-refractivity contribution in [2.75, 3.05) is 12.4 Å². The number of hydrogen-bond donors (Lipinski definition) is 0. The molecule has 1 aromatic heterocycles. The molecule has 0 aliphatic rings. The number of aromatic nitrogens is 2. The lowest BCUT2D eigenvalue weighted by Gasteiger charge is -2.01. The molecule has 15 heavy (non-hydrogen) atoms. The van der Waals surface area contributed by atoms with Crippen molar-refractivity contribution < 1.29 is 9.53 Å². The van der Waals surface area contributed by atoms with Crippen LogP contribution >= 0.6 is 11.8 Å². The molecule has 1 rings (SSSR count). The Kier molecular flexibility index (Phi) is 5.10. The van der Waals surface area contributed by atoms with Gasteiger partial charge in [0.1, 0.15) is 0 Å². The fourth-order valence-electron chi connectivity index (χ4n) is 0.914. The first-order chi connectivity index (χ1) is 7.22. The molecule has 0 unspecified atom stereocenters. The topological polar surface area (TPSA) is 52.1 Å². The summed E-state index contributed by atoms with van der Waals surface area (Å²) >= 11 is 1.46. The molecule has 0 aliphatic carbocycles. The van der Waals surface area contributed by atoms with Gasteiger partial charge in [0, 0.05) is 18.1 Å². The summed E-state index contributed by atoms with van der Waals surface area (Å²) in [5.41, 5.74) is 1.03. The summed E-state index contributed by atoms with van der Waals surface area (Å²) in [5.74, 6) is 0.485. The molecule has 1 aromatic rings. The molecule has 1 heterocycles. The Hall–Kier alpha value is -1.10. The Morgan fingerprint density at radius 3 is 2.73 bits per heavy atom. The zero-order valence-electron chi connectivity index (χ0n) is 8.90. The van der Waals surface area contributed by atoms with Crippen LogP contribution in [0.1, 0.15) is 18.9 Å². The lowest BCUT2D eigenvalue weighted by Crippen LogP contribution is -2.04. The molecule has 0 aliphatic heterocycles. The SMILES string of the molecule is CCOC(=O)CCSc1ncc(C)cn1. The number of ether oxygens (including phenoxy) is 1. The number of rotatable bonds is 5. The molecule has 0 saturated carbocycles. The van der Waals surface area contributed by atoms with Crippen molar-refractivity contribution in [1.29, 1.82) is 0 Å². The monoisotopic (exact) mass is 226 g/mol. The molecule has 0 amide bonds. The highest BCUT2D eigenvalue weighted by Gasteiger charge is 2.03. The molecule has 0 N–H and O–H groups in total. The molecular formula is C10H14N2O2S. The fourth-order valence-corrected chi connectivity index (χ4v) is 1.62. The second-order valence-electron chi connectivity index (χ2n) is 2.95. The first-order valence-electron chi connectivity index (χ1n) is 4.79. The second-order valence-corrected chi connectivity index (χ2v) is 4.01. The van der Waals surface area contributed by atoms with E-state index in [2.05, 4.69) is 9.97 Å². The summed E-state index contributed by atoms with van der Waals surface area (Å²) in [6.45, 7) is 4.17. The van der Waals surface area contributed by atoms with E-state index >= 15 is 0 Å². The van der Waals surface area contributed by atoms with E-state index in [4.69, 9.17) is 4.74 Å². The highest BCUT2D eigenvalue weighted by atomic mass is 32.2. The maximum atomic E-state index is 11.0. The maximum Gasteiger partial charge on any atom is 0.306 e. The third-order valence-electron chi connectivity index (χ3n) is 1.60. The molecule has 0 spiro atoms. The molecule has 5 heteroatoms. The van der Waals surface area contributed by atoms with E-state index in [-0.39, 0.29) is 5.97 Å². The minimum absolute atomic E-state index is 0.169. The van der Waals surface area contributed by atoms with Crippen molar-refractivity contribution in [3.05, 3.63) is 18.0 Å². The molecule has 0 atom stereocenters. The van der Waals surface area contributed by atoms with Crippen LogP contribution in [0.15, 0.2) is 17.6 Å². The first-order valence-corrected chi connectivity index (χ1v) is 5.78. The maximum absolute atomic E-state index is 11.0. The second kappa shape index (κ2) is 6.40. The van der Waals surface area contributed by atoms with E-state index in [9.17, 15) is 4.79 Å². The van der Waals surface area contributed by atoms with Crippen molar-refractivity contribution in [3.63, 3.8) is 0 Å². The number of esters is 1. The molecular weight excluding hydrogens is 212 g/mol. The lowest BCUT2D eigenvalue weighted by atomic mass is 10.4. The number of nitrogens with zero attached hydrogens (tertiary/aromatic N) is 2. The van der Waals surface area contributed by atoms with E-state index in [0.29, 0.717) is 23.9 Å². The number of carbonyl (C=O) groups excluding carboxylic acids is 1. The number of aryl methyl sites for hydroxylation is 1. The van der Waals surface area contributed by atoms with Gasteiger partial charge in [-0.3, -0.25) is 4.79 Å². The van der Waals surface area contributed by atoms with Gasteiger partial charge in [-0.25, -0.2) is 9.97 Å². The third kappa shape index (κ3) is 4.78. The zero-order valence-corrected chi connectivity index (χ0v) is 9.71. The van der Waals surface area contributed by atoms with Crippen molar-refractivity contribution in [1.82, 2.24) is 9.97 Å². The van der Waals surface area contributed by atoms with Crippen molar-refractivity contribution in [3.8, 4) is 0 Å². The summed E-state index contributed by atoms with van der Waals surface area (Å²) < 4.78 is 4.81. The lowest BCUT2D eigenvalue weighted by molar-refractivity contribution is -0.142. The molecule has 0 fully saturated rings. The Labute approximate surface area is 93.5 Å². The molecule has 0 radical (unpaired) electrons. The Morgan fingerprint density at radius 2 is 2.13 bits per heavy atom. The van der Waals surface area contributed by atoms with Crippen LogP contribution < -0.4 is 0 Å². The third-order valence-corrected chi connectivity index (χ3v) is 2.48. The van der Waals surface area contributed by atoms with Crippen molar-refractivity contribution >= 4 is 17.7 Å². The van der Waals surface area contributed by atoms with Gasteiger partial charge in [0.15, 0.2) is 5.16 Å². The average molecular weight is 226 g/mol. The van der Waals surface area contributed by atoms with Crippen LogP contribution in [0.2, 0.25) is 0 Å².